The standard InChI is InChI=1S/C20H19ClN2O/c1-13-17(18-10-16(21)6-7-19(18)22-13)11-20(24)23-9-8-14-4-2-3-5-15(14)12-23/h2-7,10,22H,8-9,11-12H2,1H3. The van der Waals surface area contributed by atoms with E-state index in [1.807, 2.05) is 36.1 Å². The highest BCUT2D eigenvalue weighted by atomic mass is 35.5. The number of hydrogen-bond acceptors (Lipinski definition) is 1. The Morgan fingerprint density at radius 1 is 1.21 bits per heavy atom. The van der Waals surface area contributed by atoms with E-state index in [2.05, 4.69) is 23.2 Å². The van der Waals surface area contributed by atoms with Crippen LogP contribution in [0.2, 0.25) is 5.02 Å². The van der Waals surface area contributed by atoms with Crippen molar-refractivity contribution in [2.75, 3.05) is 6.54 Å². The zero-order chi connectivity index (χ0) is 16.7. The Balaban J connectivity index is 1.59. The molecule has 0 radical (unpaired) electrons. The van der Waals surface area contributed by atoms with Crippen LogP contribution in [0.4, 0.5) is 0 Å². The maximum atomic E-state index is 12.8. The van der Waals surface area contributed by atoms with Crippen molar-refractivity contribution in [1.82, 2.24) is 9.88 Å². The van der Waals surface area contributed by atoms with Crippen LogP contribution in [0.3, 0.4) is 0 Å². The summed E-state index contributed by atoms with van der Waals surface area (Å²) >= 11 is 6.13. The highest BCUT2D eigenvalue weighted by Gasteiger charge is 2.22. The SMILES string of the molecule is Cc1[nH]c2ccc(Cl)cc2c1CC(=O)N1CCc2ccccc2C1. The molecular formula is C20H19ClN2O. The van der Waals surface area contributed by atoms with Gasteiger partial charge in [0.15, 0.2) is 0 Å². The molecule has 1 N–H and O–H groups in total. The van der Waals surface area contributed by atoms with Gasteiger partial charge in [-0.3, -0.25) is 4.79 Å². The zero-order valence-electron chi connectivity index (χ0n) is 13.6. The van der Waals surface area contributed by atoms with Crippen molar-refractivity contribution >= 4 is 28.4 Å². The highest BCUT2D eigenvalue weighted by Crippen LogP contribution is 2.27. The molecule has 0 saturated heterocycles. The van der Waals surface area contributed by atoms with Gasteiger partial charge in [-0.1, -0.05) is 35.9 Å². The van der Waals surface area contributed by atoms with Gasteiger partial charge in [0.25, 0.3) is 0 Å². The first-order valence-corrected chi connectivity index (χ1v) is 8.61. The van der Waals surface area contributed by atoms with Crippen LogP contribution in [0.15, 0.2) is 42.5 Å². The third-order valence-electron chi connectivity index (χ3n) is 4.89. The van der Waals surface area contributed by atoms with Crippen molar-refractivity contribution in [2.45, 2.75) is 26.3 Å². The van der Waals surface area contributed by atoms with Crippen LogP contribution in [0, 0.1) is 6.92 Å². The van der Waals surface area contributed by atoms with Crippen molar-refractivity contribution in [3.8, 4) is 0 Å². The molecule has 0 fully saturated rings. The van der Waals surface area contributed by atoms with Crippen molar-refractivity contribution < 1.29 is 4.79 Å². The van der Waals surface area contributed by atoms with Gasteiger partial charge in [-0.15, -0.1) is 0 Å². The summed E-state index contributed by atoms with van der Waals surface area (Å²) in [5, 5.41) is 1.74. The summed E-state index contributed by atoms with van der Waals surface area (Å²) in [6, 6.07) is 14.2. The van der Waals surface area contributed by atoms with Gasteiger partial charge in [-0.2, -0.15) is 0 Å². The molecule has 2 heterocycles. The normalized spacial score (nSPS) is 14.0. The Morgan fingerprint density at radius 3 is 2.83 bits per heavy atom. The van der Waals surface area contributed by atoms with Crippen molar-refractivity contribution in [1.29, 1.82) is 0 Å². The Kier molecular flexibility index (Phi) is 3.81. The number of aromatic amines is 1. The number of halogens is 1. The van der Waals surface area contributed by atoms with E-state index in [-0.39, 0.29) is 5.91 Å². The zero-order valence-corrected chi connectivity index (χ0v) is 14.4. The molecule has 2 aromatic carbocycles. The summed E-state index contributed by atoms with van der Waals surface area (Å²) in [6.45, 7) is 3.51. The fraction of sp³-hybridized carbons (Fsp3) is 0.250. The molecular weight excluding hydrogens is 320 g/mol. The van der Waals surface area contributed by atoms with Gasteiger partial charge in [0.05, 0.1) is 6.42 Å². The average Bonchev–Trinajstić information content (AvgIpc) is 2.89. The van der Waals surface area contributed by atoms with Crippen molar-refractivity contribution in [2.24, 2.45) is 0 Å². The van der Waals surface area contributed by atoms with Crippen molar-refractivity contribution in [3.63, 3.8) is 0 Å². The minimum Gasteiger partial charge on any atom is -0.358 e. The number of aryl methyl sites for hydroxylation is 1. The van der Waals surface area contributed by atoms with Crippen LogP contribution >= 0.6 is 11.6 Å². The molecule has 3 nitrogen and oxygen atoms in total. The number of aromatic nitrogens is 1. The van der Waals surface area contributed by atoms with Crippen LogP contribution in [0.25, 0.3) is 10.9 Å². The molecule has 24 heavy (non-hydrogen) atoms. The number of H-pyrrole nitrogens is 1. The van der Waals surface area contributed by atoms with E-state index < -0.39 is 0 Å². The summed E-state index contributed by atoms with van der Waals surface area (Å²) < 4.78 is 0. The first-order chi connectivity index (χ1) is 11.6. The number of hydrogen-bond donors (Lipinski definition) is 1. The van der Waals surface area contributed by atoms with Crippen LogP contribution in [0.5, 0.6) is 0 Å². The monoisotopic (exact) mass is 338 g/mol. The van der Waals surface area contributed by atoms with Gasteiger partial charge in [0.2, 0.25) is 5.91 Å². The third-order valence-corrected chi connectivity index (χ3v) is 5.13. The summed E-state index contributed by atoms with van der Waals surface area (Å²) in [4.78, 5) is 18.1. The maximum absolute atomic E-state index is 12.8. The van der Waals surface area contributed by atoms with E-state index in [0.29, 0.717) is 18.0 Å². The maximum Gasteiger partial charge on any atom is 0.227 e. The summed E-state index contributed by atoms with van der Waals surface area (Å²) in [5.41, 5.74) is 5.74. The third kappa shape index (κ3) is 2.69. The molecule has 122 valence electrons. The summed E-state index contributed by atoms with van der Waals surface area (Å²) in [6.07, 6.45) is 1.34. The number of benzene rings is 2. The number of rotatable bonds is 2. The van der Waals surface area contributed by atoms with Gasteiger partial charge in [-0.05, 0) is 48.2 Å². The fourth-order valence-corrected chi connectivity index (χ4v) is 3.73. The Morgan fingerprint density at radius 2 is 2.00 bits per heavy atom. The molecule has 0 atom stereocenters. The molecule has 4 heteroatoms. The molecule has 3 aromatic rings. The molecule has 4 rings (SSSR count). The lowest BCUT2D eigenvalue weighted by Gasteiger charge is -2.29. The Bertz CT molecular complexity index is 929. The summed E-state index contributed by atoms with van der Waals surface area (Å²) in [7, 11) is 0. The quantitative estimate of drug-likeness (QED) is 0.744. The minimum atomic E-state index is 0.175. The first-order valence-electron chi connectivity index (χ1n) is 8.23. The second-order valence-electron chi connectivity index (χ2n) is 6.43. The number of amides is 1. The Labute approximate surface area is 146 Å². The highest BCUT2D eigenvalue weighted by molar-refractivity contribution is 6.31. The molecule has 1 aliphatic heterocycles. The van der Waals surface area contributed by atoms with E-state index in [1.54, 1.807) is 0 Å². The molecule has 0 saturated carbocycles. The average molecular weight is 339 g/mol. The second-order valence-corrected chi connectivity index (χ2v) is 6.87. The lowest BCUT2D eigenvalue weighted by molar-refractivity contribution is -0.131. The first kappa shape index (κ1) is 15.3. The molecule has 0 spiro atoms. The van der Waals surface area contributed by atoms with E-state index in [9.17, 15) is 4.79 Å². The minimum absolute atomic E-state index is 0.175. The fourth-order valence-electron chi connectivity index (χ4n) is 3.55. The molecule has 1 aromatic heterocycles. The summed E-state index contributed by atoms with van der Waals surface area (Å²) in [5.74, 6) is 0.175. The van der Waals surface area contributed by atoms with Crippen LogP contribution in [-0.2, 0) is 24.2 Å². The largest absolute Gasteiger partial charge is 0.358 e. The molecule has 0 aliphatic carbocycles. The van der Waals surface area contributed by atoms with Gasteiger partial charge < -0.3 is 9.88 Å². The van der Waals surface area contributed by atoms with Crippen LogP contribution in [-0.4, -0.2) is 22.3 Å². The van der Waals surface area contributed by atoms with Gasteiger partial charge in [-0.25, -0.2) is 0 Å². The van der Waals surface area contributed by atoms with E-state index in [0.717, 1.165) is 35.1 Å². The number of carbonyl (C=O) groups is 1. The predicted molar refractivity (Wildman–Crippen MR) is 97.3 cm³/mol. The lowest BCUT2D eigenvalue weighted by Crippen LogP contribution is -2.36. The van der Waals surface area contributed by atoms with Gasteiger partial charge >= 0.3 is 0 Å². The number of nitrogens with zero attached hydrogens (tertiary/aromatic N) is 1. The topological polar surface area (TPSA) is 36.1 Å². The Hall–Kier alpha value is -2.26. The molecule has 0 unspecified atom stereocenters. The van der Waals surface area contributed by atoms with Crippen LogP contribution in [0.1, 0.15) is 22.4 Å². The number of carbonyl (C=O) groups excluding carboxylic acids is 1. The van der Waals surface area contributed by atoms with Gasteiger partial charge in [0.1, 0.15) is 0 Å². The van der Waals surface area contributed by atoms with Crippen LogP contribution < -0.4 is 0 Å². The predicted octanol–water partition coefficient (Wildman–Crippen LogP) is 4.26. The van der Waals surface area contributed by atoms with Crippen molar-refractivity contribution in [3.05, 3.63) is 69.9 Å². The molecule has 0 bridgehead atoms. The lowest BCUT2D eigenvalue weighted by atomic mass is 9.99. The van der Waals surface area contributed by atoms with E-state index in [1.165, 1.54) is 11.1 Å². The second kappa shape index (κ2) is 5.99. The molecule has 1 aliphatic rings. The van der Waals surface area contributed by atoms with Gasteiger partial charge in [0, 0.05) is 34.7 Å². The smallest absolute Gasteiger partial charge is 0.227 e. The van der Waals surface area contributed by atoms with E-state index >= 15 is 0 Å². The molecule has 1 amide bonds. The number of nitrogens with one attached hydrogen (secondary N) is 1. The number of fused-ring (bicyclic) bond motifs is 2. The van der Waals surface area contributed by atoms with E-state index in [4.69, 9.17) is 11.6 Å².